The van der Waals surface area contributed by atoms with Gasteiger partial charge in [0.05, 0.1) is 12.2 Å². The van der Waals surface area contributed by atoms with Crippen LogP contribution in [0.15, 0.2) is 18.2 Å². The zero-order valence-electron chi connectivity index (χ0n) is 7.79. The third kappa shape index (κ3) is 2.45. The van der Waals surface area contributed by atoms with Gasteiger partial charge in [-0.2, -0.15) is 0 Å². The molecule has 0 saturated carbocycles. The van der Waals surface area contributed by atoms with E-state index in [1.807, 2.05) is 6.92 Å². The molecular formula is C10H11FO3. The normalized spacial score (nSPS) is 9.86. The predicted octanol–water partition coefficient (Wildman–Crippen LogP) is 2.31. The van der Waals surface area contributed by atoms with E-state index in [0.717, 1.165) is 12.5 Å². The number of benzene rings is 1. The highest BCUT2D eigenvalue weighted by atomic mass is 19.1. The number of carbonyl (C=O) groups is 1. The van der Waals surface area contributed by atoms with E-state index in [1.54, 1.807) is 0 Å². The van der Waals surface area contributed by atoms with Gasteiger partial charge in [-0.15, -0.1) is 0 Å². The second-order valence-electron chi connectivity index (χ2n) is 2.80. The molecule has 0 bridgehead atoms. The summed E-state index contributed by atoms with van der Waals surface area (Å²) in [5.41, 5.74) is -0.362. The van der Waals surface area contributed by atoms with E-state index in [1.165, 1.54) is 12.1 Å². The Bertz CT molecular complexity index is 336. The lowest BCUT2D eigenvalue weighted by Gasteiger charge is -2.05. The molecule has 0 saturated heterocycles. The first-order chi connectivity index (χ1) is 6.65. The number of rotatable bonds is 4. The SMILES string of the molecule is CCCOc1ccc(F)c(C(=O)O)c1. The molecule has 4 heteroatoms. The van der Waals surface area contributed by atoms with Gasteiger partial charge in [-0.1, -0.05) is 6.92 Å². The van der Waals surface area contributed by atoms with Crippen LogP contribution in [0.2, 0.25) is 0 Å². The number of aromatic carboxylic acids is 1. The summed E-state index contributed by atoms with van der Waals surface area (Å²) in [5, 5.41) is 8.62. The van der Waals surface area contributed by atoms with E-state index in [0.29, 0.717) is 12.4 Å². The fraction of sp³-hybridized carbons (Fsp3) is 0.300. The molecule has 0 aliphatic heterocycles. The maximum absolute atomic E-state index is 12.9. The largest absolute Gasteiger partial charge is 0.494 e. The zero-order chi connectivity index (χ0) is 10.6. The van der Waals surface area contributed by atoms with Crippen molar-refractivity contribution in [3.05, 3.63) is 29.6 Å². The Morgan fingerprint density at radius 1 is 1.57 bits per heavy atom. The topological polar surface area (TPSA) is 46.5 Å². The highest BCUT2D eigenvalue weighted by Crippen LogP contribution is 2.16. The van der Waals surface area contributed by atoms with Gasteiger partial charge in [0.1, 0.15) is 11.6 Å². The van der Waals surface area contributed by atoms with Gasteiger partial charge < -0.3 is 9.84 Å². The van der Waals surface area contributed by atoms with Crippen molar-refractivity contribution in [2.45, 2.75) is 13.3 Å². The molecule has 3 nitrogen and oxygen atoms in total. The summed E-state index contributed by atoms with van der Waals surface area (Å²) >= 11 is 0. The smallest absolute Gasteiger partial charge is 0.338 e. The maximum Gasteiger partial charge on any atom is 0.338 e. The Hall–Kier alpha value is -1.58. The van der Waals surface area contributed by atoms with Crippen LogP contribution in [0.1, 0.15) is 23.7 Å². The van der Waals surface area contributed by atoms with E-state index in [9.17, 15) is 9.18 Å². The minimum Gasteiger partial charge on any atom is -0.494 e. The lowest BCUT2D eigenvalue weighted by molar-refractivity contribution is 0.0691. The molecule has 0 atom stereocenters. The minimum atomic E-state index is -1.29. The molecule has 1 rings (SSSR count). The highest BCUT2D eigenvalue weighted by Gasteiger charge is 2.10. The summed E-state index contributed by atoms with van der Waals surface area (Å²) in [7, 11) is 0. The zero-order valence-corrected chi connectivity index (χ0v) is 7.79. The lowest BCUT2D eigenvalue weighted by Crippen LogP contribution is -2.02. The van der Waals surface area contributed by atoms with Crippen LogP contribution in [0.3, 0.4) is 0 Å². The van der Waals surface area contributed by atoms with Crippen molar-refractivity contribution in [3.63, 3.8) is 0 Å². The van der Waals surface area contributed by atoms with Crippen LogP contribution < -0.4 is 4.74 Å². The van der Waals surface area contributed by atoms with Crippen molar-refractivity contribution < 1.29 is 19.0 Å². The summed E-state index contributed by atoms with van der Waals surface area (Å²) in [6, 6.07) is 3.69. The van der Waals surface area contributed by atoms with Gasteiger partial charge in [-0.05, 0) is 24.6 Å². The van der Waals surface area contributed by atoms with Crippen LogP contribution in [0.4, 0.5) is 4.39 Å². The molecule has 1 aromatic rings. The van der Waals surface area contributed by atoms with Crippen molar-refractivity contribution in [1.82, 2.24) is 0 Å². The number of carboxylic acids is 1. The van der Waals surface area contributed by atoms with Crippen LogP contribution >= 0.6 is 0 Å². The Morgan fingerprint density at radius 3 is 2.86 bits per heavy atom. The van der Waals surface area contributed by atoms with Crippen molar-refractivity contribution in [2.75, 3.05) is 6.61 Å². The fourth-order valence-corrected chi connectivity index (χ4v) is 0.978. The minimum absolute atomic E-state index is 0.362. The van der Waals surface area contributed by atoms with Crippen LogP contribution in [-0.4, -0.2) is 17.7 Å². The molecule has 14 heavy (non-hydrogen) atoms. The van der Waals surface area contributed by atoms with Crippen molar-refractivity contribution in [3.8, 4) is 5.75 Å². The Labute approximate surface area is 81.1 Å². The van der Waals surface area contributed by atoms with Crippen molar-refractivity contribution in [1.29, 1.82) is 0 Å². The van der Waals surface area contributed by atoms with Gasteiger partial charge in [-0.25, -0.2) is 9.18 Å². The van der Waals surface area contributed by atoms with E-state index in [4.69, 9.17) is 9.84 Å². The predicted molar refractivity (Wildman–Crippen MR) is 49.1 cm³/mol. The molecule has 0 aliphatic carbocycles. The quantitative estimate of drug-likeness (QED) is 0.807. The van der Waals surface area contributed by atoms with Crippen LogP contribution in [-0.2, 0) is 0 Å². The summed E-state index contributed by atoms with van der Waals surface area (Å²) < 4.78 is 18.1. The van der Waals surface area contributed by atoms with Crippen LogP contribution in [0.25, 0.3) is 0 Å². The van der Waals surface area contributed by atoms with Gasteiger partial charge in [0.25, 0.3) is 0 Å². The van der Waals surface area contributed by atoms with Crippen molar-refractivity contribution in [2.24, 2.45) is 0 Å². The van der Waals surface area contributed by atoms with E-state index < -0.39 is 11.8 Å². The second-order valence-corrected chi connectivity index (χ2v) is 2.80. The average molecular weight is 198 g/mol. The molecule has 0 amide bonds. The number of hydrogen-bond acceptors (Lipinski definition) is 2. The maximum atomic E-state index is 12.9. The van der Waals surface area contributed by atoms with Gasteiger partial charge in [0.15, 0.2) is 0 Å². The molecular weight excluding hydrogens is 187 g/mol. The van der Waals surface area contributed by atoms with Crippen LogP contribution in [0, 0.1) is 5.82 Å². The molecule has 0 heterocycles. The molecule has 0 fully saturated rings. The number of carboxylic acid groups (broad SMARTS) is 1. The fourth-order valence-electron chi connectivity index (χ4n) is 0.978. The van der Waals surface area contributed by atoms with Crippen molar-refractivity contribution >= 4 is 5.97 Å². The van der Waals surface area contributed by atoms with Gasteiger partial charge in [0.2, 0.25) is 0 Å². The molecule has 0 aromatic heterocycles. The number of ether oxygens (including phenoxy) is 1. The van der Waals surface area contributed by atoms with Gasteiger partial charge in [0, 0.05) is 0 Å². The standard InChI is InChI=1S/C10H11FO3/c1-2-5-14-7-3-4-9(11)8(6-7)10(12)13/h3-4,6H,2,5H2,1H3,(H,12,13). The molecule has 0 aliphatic rings. The Morgan fingerprint density at radius 2 is 2.29 bits per heavy atom. The summed E-state index contributed by atoms with van der Waals surface area (Å²) in [6.45, 7) is 2.42. The first-order valence-corrected chi connectivity index (χ1v) is 4.30. The van der Waals surface area contributed by atoms with Crippen LogP contribution in [0.5, 0.6) is 5.75 Å². The molecule has 0 unspecified atom stereocenters. The van der Waals surface area contributed by atoms with E-state index in [2.05, 4.69) is 0 Å². The number of halogens is 1. The summed E-state index contributed by atoms with van der Waals surface area (Å²) in [5.74, 6) is -1.66. The number of hydrogen-bond donors (Lipinski definition) is 1. The first kappa shape index (κ1) is 10.5. The lowest BCUT2D eigenvalue weighted by atomic mass is 10.2. The summed E-state index contributed by atoms with van der Waals surface area (Å²) in [6.07, 6.45) is 0.819. The van der Waals surface area contributed by atoms with E-state index >= 15 is 0 Å². The first-order valence-electron chi connectivity index (χ1n) is 4.30. The molecule has 76 valence electrons. The van der Waals surface area contributed by atoms with E-state index in [-0.39, 0.29) is 5.56 Å². The monoisotopic (exact) mass is 198 g/mol. The average Bonchev–Trinajstić information content (AvgIpc) is 2.16. The third-order valence-corrected chi connectivity index (χ3v) is 1.64. The van der Waals surface area contributed by atoms with Gasteiger partial charge >= 0.3 is 5.97 Å². The van der Waals surface area contributed by atoms with Gasteiger partial charge in [-0.3, -0.25) is 0 Å². The molecule has 0 radical (unpaired) electrons. The second kappa shape index (κ2) is 4.60. The highest BCUT2D eigenvalue weighted by molar-refractivity contribution is 5.88. The summed E-state index contributed by atoms with van der Waals surface area (Å²) in [4.78, 5) is 10.6. The third-order valence-electron chi connectivity index (χ3n) is 1.64. The molecule has 0 spiro atoms. The molecule has 1 aromatic carbocycles. The Kier molecular flexibility index (Phi) is 3.45. The Balaban J connectivity index is 2.89. The molecule has 1 N–H and O–H groups in total.